The molecule has 96 valence electrons. The first kappa shape index (κ1) is 13.6. The first-order chi connectivity index (χ1) is 9.06. The highest BCUT2D eigenvalue weighted by atomic mass is 79.9. The van der Waals surface area contributed by atoms with Crippen molar-refractivity contribution in [2.45, 2.75) is 5.16 Å². The first-order valence-electron chi connectivity index (χ1n) is 5.14. The van der Waals surface area contributed by atoms with Crippen LogP contribution in [0.5, 0.6) is 5.75 Å². The number of benzene rings is 1. The number of nitrogens with one attached hydrogen (secondary N) is 1. The summed E-state index contributed by atoms with van der Waals surface area (Å²) in [6, 6.07) is 6.42. The van der Waals surface area contributed by atoms with Gasteiger partial charge >= 0.3 is 0 Å². The van der Waals surface area contributed by atoms with Crippen molar-refractivity contribution in [2.24, 2.45) is 0 Å². The van der Waals surface area contributed by atoms with Crippen molar-refractivity contribution in [1.82, 2.24) is 9.97 Å². The van der Waals surface area contributed by atoms with Crippen LogP contribution in [-0.2, 0) is 0 Å². The van der Waals surface area contributed by atoms with Gasteiger partial charge in [0.05, 0.1) is 5.69 Å². The molecular weight excluding hydrogens is 330 g/mol. The molecule has 1 heterocycles. The van der Waals surface area contributed by atoms with Gasteiger partial charge in [0.25, 0.3) is 5.56 Å². The average Bonchev–Trinajstić information content (AvgIpc) is 2.37. The van der Waals surface area contributed by atoms with E-state index in [0.29, 0.717) is 20.9 Å². The monoisotopic (exact) mass is 337 g/mol. The molecular formula is C12H8BrN3O2S. The maximum absolute atomic E-state index is 11.8. The third kappa shape index (κ3) is 2.64. The largest absolute Gasteiger partial charge is 0.508 e. The molecule has 2 aromatic rings. The highest BCUT2D eigenvalue weighted by Crippen LogP contribution is 2.31. The molecule has 0 bridgehead atoms. The molecule has 5 nitrogen and oxygen atoms in total. The molecule has 0 amide bonds. The minimum absolute atomic E-state index is 0.0517. The molecule has 0 aliphatic rings. The Labute approximate surface area is 121 Å². The molecule has 19 heavy (non-hydrogen) atoms. The van der Waals surface area contributed by atoms with Crippen LogP contribution in [0.25, 0.3) is 11.3 Å². The van der Waals surface area contributed by atoms with Gasteiger partial charge < -0.3 is 10.1 Å². The molecule has 1 aromatic heterocycles. The van der Waals surface area contributed by atoms with Crippen molar-refractivity contribution < 1.29 is 5.11 Å². The number of aromatic hydroxyl groups is 1. The number of halogens is 1. The fourth-order valence-corrected chi connectivity index (χ4v) is 2.48. The normalized spacial score (nSPS) is 10.2. The van der Waals surface area contributed by atoms with Crippen molar-refractivity contribution in [3.8, 4) is 23.1 Å². The molecule has 0 atom stereocenters. The van der Waals surface area contributed by atoms with Crippen LogP contribution >= 0.6 is 27.7 Å². The number of H-pyrrole nitrogens is 1. The molecule has 0 aliphatic carbocycles. The molecule has 1 aromatic carbocycles. The molecule has 2 rings (SSSR count). The van der Waals surface area contributed by atoms with Gasteiger partial charge in [-0.3, -0.25) is 4.79 Å². The van der Waals surface area contributed by atoms with E-state index < -0.39 is 5.56 Å². The third-order valence-corrected chi connectivity index (χ3v) is 3.65. The van der Waals surface area contributed by atoms with E-state index in [-0.39, 0.29) is 11.3 Å². The van der Waals surface area contributed by atoms with Gasteiger partial charge in [0.1, 0.15) is 17.4 Å². The van der Waals surface area contributed by atoms with Crippen molar-refractivity contribution in [3.05, 3.63) is 38.6 Å². The third-order valence-electron chi connectivity index (χ3n) is 2.41. The molecule has 2 N–H and O–H groups in total. The number of aromatic nitrogens is 2. The van der Waals surface area contributed by atoms with Crippen molar-refractivity contribution >= 4 is 27.7 Å². The fourth-order valence-electron chi connectivity index (χ4n) is 1.54. The summed E-state index contributed by atoms with van der Waals surface area (Å²) in [6.07, 6.45) is 1.78. The van der Waals surface area contributed by atoms with Crippen LogP contribution in [0.3, 0.4) is 0 Å². The van der Waals surface area contributed by atoms with Crippen LogP contribution in [0, 0.1) is 11.3 Å². The second kappa shape index (κ2) is 5.47. The predicted molar refractivity (Wildman–Crippen MR) is 76.2 cm³/mol. The lowest BCUT2D eigenvalue weighted by Crippen LogP contribution is -2.14. The molecule has 0 saturated heterocycles. The van der Waals surface area contributed by atoms with Gasteiger partial charge in [-0.25, -0.2) is 4.98 Å². The van der Waals surface area contributed by atoms with E-state index in [1.54, 1.807) is 12.3 Å². The highest BCUT2D eigenvalue weighted by Gasteiger charge is 2.15. The number of hydrogen-bond acceptors (Lipinski definition) is 5. The van der Waals surface area contributed by atoms with Crippen LogP contribution in [0.15, 0.2) is 32.6 Å². The minimum Gasteiger partial charge on any atom is -0.508 e. The molecule has 0 fully saturated rings. The van der Waals surface area contributed by atoms with Gasteiger partial charge in [0, 0.05) is 10.0 Å². The smallest absolute Gasteiger partial charge is 0.270 e. The van der Waals surface area contributed by atoms with Gasteiger partial charge in [-0.2, -0.15) is 5.26 Å². The molecule has 0 radical (unpaired) electrons. The standard InChI is InChI=1S/C12H8BrN3O2S/c1-19-12-15-10(8(5-14)11(18)16-12)7-3-2-6(17)4-9(7)13/h2-4,17H,1H3,(H,15,16,18). The van der Waals surface area contributed by atoms with Crippen molar-refractivity contribution in [2.75, 3.05) is 6.26 Å². The van der Waals surface area contributed by atoms with Gasteiger partial charge in [0.15, 0.2) is 5.16 Å². The number of hydrogen-bond donors (Lipinski definition) is 2. The minimum atomic E-state index is -0.475. The lowest BCUT2D eigenvalue weighted by atomic mass is 10.1. The predicted octanol–water partition coefficient (Wildman–Crippen LogP) is 2.50. The van der Waals surface area contributed by atoms with E-state index in [0.717, 1.165) is 0 Å². The van der Waals surface area contributed by atoms with Gasteiger partial charge in [-0.05, 0) is 40.4 Å². The Bertz CT molecular complexity index is 737. The second-order valence-electron chi connectivity index (χ2n) is 3.57. The second-order valence-corrected chi connectivity index (χ2v) is 5.22. The van der Waals surface area contributed by atoms with Gasteiger partial charge in [-0.15, -0.1) is 0 Å². The zero-order valence-electron chi connectivity index (χ0n) is 9.77. The lowest BCUT2D eigenvalue weighted by molar-refractivity contribution is 0.475. The summed E-state index contributed by atoms with van der Waals surface area (Å²) >= 11 is 4.57. The molecule has 0 saturated carbocycles. The molecule has 0 aliphatic heterocycles. The van der Waals surface area contributed by atoms with E-state index in [1.807, 2.05) is 6.07 Å². The zero-order chi connectivity index (χ0) is 14.0. The number of phenols is 1. The number of thioether (sulfide) groups is 1. The van der Waals surface area contributed by atoms with E-state index in [1.165, 1.54) is 23.9 Å². The molecule has 0 unspecified atom stereocenters. The van der Waals surface area contributed by atoms with Gasteiger partial charge in [0.2, 0.25) is 0 Å². The lowest BCUT2D eigenvalue weighted by Gasteiger charge is -2.07. The number of nitriles is 1. The summed E-state index contributed by atoms with van der Waals surface area (Å²) in [6.45, 7) is 0. The van der Waals surface area contributed by atoms with E-state index >= 15 is 0 Å². The fraction of sp³-hybridized carbons (Fsp3) is 0.0833. The van der Waals surface area contributed by atoms with Crippen molar-refractivity contribution in [1.29, 1.82) is 5.26 Å². The highest BCUT2D eigenvalue weighted by molar-refractivity contribution is 9.10. The Morgan fingerprint density at radius 3 is 2.84 bits per heavy atom. The maximum atomic E-state index is 11.8. The summed E-state index contributed by atoms with van der Waals surface area (Å²) in [5.41, 5.74) is 0.347. The quantitative estimate of drug-likeness (QED) is 0.649. The van der Waals surface area contributed by atoms with Crippen LogP contribution in [0.1, 0.15) is 5.56 Å². The van der Waals surface area contributed by atoms with E-state index in [2.05, 4.69) is 25.9 Å². The topological polar surface area (TPSA) is 89.8 Å². The summed E-state index contributed by atoms with van der Waals surface area (Å²) in [4.78, 5) is 18.6. The van der Waals surface area contributed by atoms with Gasteiger partial charge in [-0.1, -0.05) is 11.8 Å². The van der Waals surface area contributed by atoms with Crippen LogP contribution < -0.4 is 5.56 Å². The zero-order valence-corrected chi connectivity index (χ0v) is 12.2. The number of nitrogens with zero attached hydrogens (tertiary/aromatic N) is 2. The summed E-state index contributed by atoms with van der Waals surface area (Å²) in [5.74, 6) is 0.0871. The van der Waals surface area contributed by atoms with E-state index in [9.17, 15) is 9.90 Å². The SMILES string of the molecule is CSc1nc(-c2ccc(O)cc2Br)c(C#N)c(=O)[nH]1. The van der Waals surface area contributed by atoms with Crippen molar-refractivity contribution in [3.63, 3.8) is 0 Å². The first-order valence-corrected chi connectivity index (χ1v) is 7.16. The molecule has 0 spiro atoms. The Kier molecular flexibility index (Phi) is 3.93. The van der Waals surface area contributed by atoms with Crippen LogP contribution in [0.4, 0.5) is 0 Å². The molecule has 7 heteroatoms. The summed E-state index contributed by atoms with van der Waals surface area (Å²) < 4.78 is 0.564. The Hall–Kier alpha value is -1.78. The number of aromatic amines is 1. The van der Waals surface area contributed by atoms with Crippen LogP contribution in [-0.4, -0.2) is 21.3 Å². The summed E-state index contributed by atoms with van der Waals surface area (Å²) in [7, 11) is 0. The maximum Gasteiger partial charge on any atom is 0.270 e. The Morgan fingerprint density at radius 1 is 1.53 bits per heavy atom. The Balaban J connectivity index is 2.77. The number of rotatable bonds is 2. The summed E-state index contributed by atoms with van der Waals surface area (Å²) in [5, 5.41) is 18.9. The Morgan fingerprint density at radius 2 is 2.26 bits per heavy atom. The van der Waals surface area contributed by atoms with Crippen LogP contribution in [0.2, 0.25) is 0 Å². The van der Waals surface area contributed by atoms with E-state index in [4.69, 9.17) is 5.26 Å². The number of phenolic OH excluding ortho intramolecular Hbond substituents is 1. The average molecular weight is 338 g/mol.